The van der Waals surface area contributed by atoms with E-state index in [1.54, 1.807) is 0 Å². The molecule has 8 rings (SSSR count). The average molecular weight is 629 g/mol. The molecule has 2 aromatic heterocycles. The first-order valence-electron chi connectivity index (χ1n) is 16.3. The fourth-order valence-corrected chi connectivity index (χ4v) is 8.04. The first kappa shape index (κ1) is 29.4. The fraction of sp³-hybridized carbons (Fsp3) is 0.136. The number of imidazole rings is 1. The van der Waals surface area contributed by atoms with Crippen LogP contribution in [0.5, 0.6) is 0 Å². The van der Waals surface area contributed by atoms with Crippen molar-refractivity contribution in [1.29, 1.82) is 0 Å². The van der Waals surface area contributed by atoms with Crippen LogP contribution in [0, 0.1) is 41.5 Å². The minimum Gasteiger partial charge on any atom is -0.293 e. The molecule has 230 valence electrons. The van der Waals surface area contributed by atoms with Crippen molar-refractivity contribution in [2.45, 2.75) is 41.5 Å². The molecule has 0 bridgehead atoms. The minimum atomic E-state index is 0.746. The Labute approximate surface area is 281 Å². The number of halogens is 1. The Hall–Kier alpha value is -5.05. The highest BCUT2D eigenvalue weighted by Gasteiger charge is 2.20. The maximum Gasteiger partial charge on any atom is 0.123 e. The van der Waals surface area contributed by atoms with Gasteiger partial charge in [0.25, 0.3) is 0 Å². The third kappa shape index (κ3) is 4.87. The van der Waals surface area contributed by atoms with E-state index in [0.717, 1.165) is 44.1 Å². The van der Waals surface area contributed by atoms with E-state index in [2.05, 4.69) is 166 Å². The summed E-state index contributed by atoms with van der Waals surface area (Å²) in [5, 5.41) is 1.95. The topological polar surface area (TPSA) is 9.34 Å². The van der Waals surface area contributed by atoms with Crippen molar-refractivity contribution in [2.24, 2.45) is 0 Å². The molecule has 0 N–H and O–H groups in total. The predicted molar refractivity (Wildman–Crippen MR) is 201 cm³/mol. The zero-order valence-electron chi connectivity index (χ0n) is 27.7. The molecule has 47 heavy (non-hydrogen) atoms. The molecule has 0 atom stereocenters. The molecule has 0 radical (unpaired) electrons. The maximum absolute atomic E-state index is 7.44. The Bertz CT molecular complexity index is 2480. The van der Waals surface area contributed by atoms with E-state index >= 15 is 0 Å². The molecule has 6 aromatic carbocycles. The Morgan fingerprint density at radius 1 is 0.468 bits per heavy atom. The van der Waals surface area contributed by atoms with E-state index in [1.165, 1.54) is 61.0 Å². The van der Waals surface area contributed by atoms with Crippen LogP contribution in [0.3, 0.4) is 0 Å². The quantitative estimate of drug-likeness (QED) is 0.183. The summed E-state index contributed by atoms with van der Waals surface area (Å²) in [6.45, 7) is 13.0. The van der Waals surface area contributed by atoms with Gasteiger partial charge in [0, 0.05) is 10.9 Å². The first-order valence-corrected chi connectivity index (χ1v) is 16.7. The highest BCUT2D eigenvalue weighted by Crippen LogP contribution is 2.40. The van der Waals surface area contributed by atoms with Gasteiger partial charge in [-0.15, -0.1) is 0 Å². The van der Waals surface area contributed by atoms with Gasteiger partial charge in [0.15, 0.2) is 0 Å². The van der Waals surface area contributed by atoms with Gasteiger partial charge < -0.3 is 0 Å². The number of aromatic nitrogens is 2. The summed E-state index contributed by atoms with van der Waals surface area (Å²) in [7, 11) is 0. The largest absolute Gasteiger partial charge is 0.293 e. The molecule has 0 fully saturated rings. The fourth-order valence-electron chi connectivity index (χ4n) is 7.73. The lowest BCUT2D eigenvalue weighted by atomic mass is 9.92. The summed E-state index contributed by atoms with van der Waals surface area (Å²) < 4.78 is 4.70. The summed E-state index contributed by atoms with van der Waals surface area (Å²) in [6, 6.07) is 42.3. The van der Waals surface area contributed by atoms with Crippen molar-refractivity contribution in [3.05, 3.63) is 154 Å². The van der Waals surface area contributed by atoms with E-state index in [1.807, 2.05) is 0 Å². The maximum atomic E-state index is 7.44. The molecule has 3 heteroatoms. The Kier molecular flexibility index (Phi) is 6.89. The van der Waals surface area contributed by atoms with Gasteiger partial charge >= 0.3 is 0 Å². The smallest absolute Gasteiger partial charge is 0.123 e. The Balaban J connectivity index is 1.30. The minimum absolute atomic E-state index is 0.746. The summed E-state index contributed by atoms with van der Waals surface area (Å²) in [6.07, 6.45) is 0. The number of para-hydroxylation sites is 2. The Morgan fingerprint density at radius 2 is 1.06 bits per heavy atom. The van der Waals surface area contributed by atoms with Gasteiger partial charge in [-0.05, 0) is 129 Å². The SMILES string of the molecule is Cc1cc(C)cc(-c2ccc3c(c2)cc2n(-c4cc(C)cc(-c5ccc(-c6c(C)cc(C)cc6C)cc5)c4Cl)c4ccccc4n32)c1. The zero-order valence-corrected chi connectivity index (χ0v) is 28.5. The molecule has 8 aromatic rings. The van der Waals surface area contributed by atoms with E-state index in [9.17, 15) is 0 Å². The third-order valence-electron chi connectivity index (χ3n) is 9.53. The molecular weight excluding hydrogens is 592 g/mol. The second kappa shape index (κ2) is 11.0. The highest BCUT2D eigenvalue weighted by atomic mass is 35.5. The number of benzene rings is 6. The third-order valence-corrected chi connectivity index (χ3v) is 9.93. The molecular formula is C44H37ClN2. The monoisotopic (exact) mass is 628 g/mol. The molecule has 0 aliphatic rings. The summed E-state index contributed by atoms with van der Waals surface area (Å²) in [5.41, 5.74) is 20.3. The first-order chi connectivity index (χ1) is 22.7. The number of aryl methyl sites for hydroxylation is 6. The lowest BCUT2D eigenvalue weighted by Crippen LogP contribution is -1.98. The molecule has 0 spiro atoms. The van der Waals surface area contributed by atoms with Crippen LogP contribution in [0.25, 0.3) is 66.7 Å². The van der Waals surface area contributed by atoms with Gasteiger partial charge in [-0.2, -0.15) is 0 Å². The molecule has 0 amide bonds. The number of rotatable bonds is 4. The average Bonchev–Trinajstić information content (AvgIpc) is 3.55. The van der Waals surface area contributed by atoms with Crippen LogP contribution in [0.4, 0.5) is 0 Å². The van der Waals surface area contributed by atoms with E-state index in [0.29, 0.717) is 0 Å². The number of fused-ring (bicyclic) bond motifs is 5. The lowest BCUT2D eigenvalue weighted by Gasteiger charge is -2.16. The van der Waals surface area contributed by atoms with Crippen LogP contribution < -0.4 is 0 Å². The van der Waals surface area contributed by atoms with Gasteiger partial charge in [-0.1, -0.05) is 101 Å². The van der Waals surface area contributed by atoms with Crippen LogP contribution >= 0.6 is 11.6 Å². The van der Waals surface area contributed by atoms with Crippen molar-refractivity contribution < 1.29 is 0 Å². The van der Waals surface area contributed by atoms with Crippen LogP contribution in [0.1, 0.15) is 33.4 Å². The molecule has 0 aliphatic carbocycles. The molecule has 0 saturated heterocycles. The van der Waals surface area contributed by atoms with Gasteiger partial charge in [-0.3, -0.25) is 8.97 Å². The molecule has 0 saturated carbocycles. The van der Waals surface area contributed by atoms with Crippen molar-refractivity contribution >= 4 is 39.2 Å². The molecule has 2 nitrogen and oxygen atoms in total. The van der Waals surface area contributed by atoms with Gasteiger partial charge in [0.1, 0.15) is 5.65 Å². The van der Waals surface area contributed by atoms with E-state index in [-0.39, 0.29) is 0 Å². The van der Waals surface area contributed by atoms with E-state index in [4.69, 9.17) is 11.6 Å². The second-order valence-electron chi connectivity index (χ2n) is 13.3. The van der Waals surface area contributed by atoms with Crippen molar-refractivity contribution in [2.75, 3.05) is 0 Å². The number of nitrogens with zero attached hydrogens (tertiary/aromatic N) is 2. The molecule has 0 aliphatic heterocycles. The van der Waals surface area contributed by atoms with Crippen molar-refractivity contribution in [3.63, 3.8) is 0 Å². The number of hydrogen-bond donors (Lipinski definition) is 0. The standard InChI is InChI=1S/C44H37ClN2/c1-26-17-27(2)21-35(20-26)34-15-16-38-36(24-34)25-42-46(38)39-9-7-8-10-40(39)47(42)41-23-29(4)22-37(44(41)45)32-11-13-33(14-12-32)43-30(5)18-28(3)19-31(43)6/h7-25H,1-6H3. The summed E-state index contributed by atoms with van der Waals surface area (Å²) in [5.74, 6) is 0. The molecule has 0 unspecified atom stereocenters. The van der Waals surface area contributed by atoms with Gasteiger partial charge in [-0.25, -0.2) is 0 Å². The molecule has 2 heterocycles. The summed E-state index contributed by atoms with van der Waals surface area (Å²) in [4.78, 5) is 0. The van der Waals surface area contributed by atoms with Crippen LogP contribution in [0.2, 0.25) is 5.02 Å². The lowest BCUT2D eigenvalue weighted by molar-refractivity contribution is 1.14. The highest BCUT2D eigenvalue weighted by molar-refractivity contribution is 6.35. The zero-order chi connectivity index (χ0) is 32.6. The summed E-state index contributed by atoms with van der Waals surface area (Å²) >= 11 is 7.44. The normalized spacial score (nSPS) is 11.7. The Morgan fingerprint density at radius 3 is 1.77 bits per heavy atom. The van der Waals surface area contributed by atoms with Crippen molar-refractivity contribution in [1.82, 2.24) is 8.97 Å². The second-order valence-corrected chi connectivity index (χ2v) is 13.7. The van der Waals surface area contributed by atoms with Gasteiger partial charge in [0.05, 0.1) is 27.3 Å². The van der Waals surface area contributed by atoms with Gasteiger partial charge in [0.2, 0.25) is 0 Å². The van der Waals surface area contributed by atoms with Crippen LogP contribution in [-0.2, 0) is 0 Å². The predicted octanol–water partition coefficient (Wildman–Crippen LogP) is 12.5. The number of hydrogen-bond acceptors (Lipinski definition) is 0. The van der Waals surface area contributed by atoms with Crippen LogP contribution in [-0.4, -0.2) is 8.97 Å². The van der Waals surface area contributed by atoms with Crippen LogP contribution in [0.15, 0.2) is 115 Å². The van der Waals surface area contributed by atoms with E-state index < -0.39 is 0 Å². The van der Waals surface area contributed by atoms with Crippen molar-refractivity contribution in [3.8, 4) is 39.1 Å².